The van der Waals surface area contributed by atoms with Crippen LogP contribution in [-0.4, -0.2) is 33.1 Å². The van der Waals surface area contributed by atoms with E-state index in [4.69, 9.17) is 4.74 Å². The van der Waals surface area contributed by atoms with Crippen LogP contribution >= 0.6 is 0 Å². The highest BCUT2D eigenvalue weighted by Crippen LogP contribution is 2.17. The van der Waals surface area contributed by atoms with Crippen molar-refractivity contribution in [2.45, 2.75) is 38.6 Å². The highest BCUT2D eigenvalue weighted by molar-refractivity contribution is 7.89. The molecule has 0 heterocycles. The summed E-state index contributed by atoms with van der Waals surface area (Å²) in [6, 6.07) is 12.0. The lowest BCUT2D eigenvalue weighted by Gasteiger charge is -2.11. The Hall–Kier alpha value is -2.91. The number of anilines is 2. The van der Waals surface area contributed by atoms with Crippen LogP contribution in [0.4, 0.5) is 16.2 Å². The second kappa shape index (κ2) is 10.2. The van der Waals surface area contributed by atoms with Gasteiger partial charge in [0.05, 0.1) is 11.5 Å². The van der Waals surface area contributed by atoms with E-state index >= 15 is 0 Å². The molecule has 0 fully saturated rings. The van der Waals surface area contributed by atoms with Crippen LogP contribution < -0.4 is 15.4 Å². The molecule has 0 radical (unpaired) electrons. The lowest BCUT2D eigenvalue weighted by Crippen LogP contribution is -2.30. The third kappa shape index (κ3) is 7.16. The number of carbonyl (C=O) groups excluding carboxylic acids is 2. The van der Waals surface area contributed by atoms with Crippen LogP contribution in [0.15, 0.2) is 53.4 Å². The largest absolute Gasteiger partial charge is 0.449 e. The number of benzene rings is 2. The van der Waals surface area contributed by atoms with Gasteiger partial charge in [0, 0.05) is 23.0 Å². The molecule has 0 aromatic heterocycles. The van der Waals surface area contributed by atoms with Gasteiger partial charge in [-0.3, -0.25) is 10.1 Å². The lowest BCUT2D eigenvalue weighted by molar-refractivity contribution is 0.102. The van der Waals surface area contributed by atoms with Gasteiger partial charge in [0.15, 0.2) is 0 Å². The molecular formula is C21H27N3O5S. The molecule has 2 amide bonds. The maximum atomic E-state index is 12.5. The fraction of sp³-hybridized carbons (Fsp3) is 0.333. The summed E-state index contributed by atoms with van der Waals surface area (Å²) in [6.07, 6.45) is -0.570. The quantitative estimate of drug-likeness (QED) is 0.585. The number of carbonyl (C=O) groups is 2. The molecule has 0 atom stereocenters. The van der Waals surface area contributed by atoms with Gasteiger partial charge in [-0.2, -0.15) is 0 Å². The fourth-order valence-electron chi connectivity index (χ4n) is 2.44. The van der Waals surface area contributed by atoms with Gasteiger partial charge in [-0.05, 0) is 62.2 Å². The topological polar surface area (TPSA) is 114 Å². The average molecular weight is 434 g/mol. The van der Waals surface area contributed by atoms with E-state index in [1.807, 2.05) is 13.8 Å². The van der Waals surface area contributed by atoms with E-state index in [0.717, 1.165) is 0 Å². The van der Waals surface area contributed by atoms with E-state index in [1.54, 1.807) is 38.1 Å². The van der Waals surface area contributed by atoms with Gasteiger partial charge < -0.3 is 10.1 Å². The normalized spacial score (nSPS) is 11.4. The molecule has 0 spiro atoms. The number of ether oxygens (including phenoxy) is 1. The van der Waals surface area contributed by atoms with Gasteiger partial charge in [-0.25, -0.2) is 17.9 Å². The molecule has 0 aliphatic carbocycles. The lowest BCUT2D eigenvalue weighted by atomic mass is 10.2. The molecule has 3 N–H and O–H groups in total. The maximum Gasteiger partial charge on any atom is 0.411 e. The Labute approximate surface area is 177 Å². The van der Waals surface area contributed by atoms with Crippen molar-refractivity contribution in [2.24, 2.45) is 5.92 Å². The number of amides is 2. The summed E-state index contributed by atoms with van der Waals surface area (Å²) in [5, 5.41) is 5.32. The Morgan fingerprint density at radius 2 is 1.53 bits per heavy atom. The summed E-state index contributed by atoms with van der Waals surface area (Å²) in [5.74, 6) is -0.181. The highest BCUT2D eigenvalue weighted by Gasteiger charge is 2.16. The van der Waals surface area contributed by atoms with Crippen LogP contribution in [0.5, 0.6) is 0 Å². The molecule has 9 heteroatoms. The average Bonchev–Trinajstić information content (AvgIpc) is 2.66. The molecule has 0 aliphatic rings. The minimum absolute atomic E-state index is 0.0823. The first kappa shape index (κ1) is 23.4. The number of nitrogens with one attached hydrogen (secondary N) is 3. The maximum absolute atomic E-state index is 12.5. The molecule has 162 valence electrons. The molecule has 0 saturated heterocycles. The number of hydrogen-bond acceptors (Lipinski definition) is 5. The molecule has 0 saturated carbocycles. The second-order valence-corrected chi connectivity index (χ2v) is 9.17. The van der Waals surface area contributed by atoms with Gasteiger partial charge in [0.1, 0.15) is 0 Å². The smallest absolute Gasteiger partial charge is 0.411 e. The van der Waals surface area contributed by atoms with Crippen LogP contribution in [0, 0.1) is 5.92 Å². The Morgan fingerprint density at radius 1 is 0.933 bits per heavy atom. The first-order valence-corrected chi connectivity index (χ1v) is 11.0. The zero-order valence-corrected chi connectivity index (χ0v) is 18.2. The van der Waals surface area contributed by atoms with Crippen LogP contribution in [0.3, 0.4) is 0 Å². The predicted octanol–water partition coefficient (Wildman–Crippen LogP) is 3.83. The summed E-state index contributed by atoms with van der Waals surface area (Å²) in [6.45, 7) is 7.64. The minimum Gasteiger partial charge on any atom is -0.449 e. The van der Waals surface area contributed by atoms with Crippen LogP contribution in [0.25, 0.3) is 0 Å². The summed E-state index contributed by atoms with van der Waals surface area (Å²) in [4.78, 5) is 24.3. The monoisotopic (exact) mass is 433 g/mol. The van der Waals surface area contributed by atoms with Gasteiger partial charge >= 0.3 is 6.09 Å². The molecule has 0 unspecified atom stereocenters. The fourth-order valence-corrected chi connectivity index (χ4v) is 3.69. The van der Waals surface area contributed by atoms with Crippen molar-refractivity contribution in [1.82, 2.24) is 4.72 Å². The summed E-state index contributed by atoms with van der Waals surface area (Å²) in [5.41, 5.74) is 1.25. The van der Waals surface area contributed by atoms with Crippen molar-refractivity contribution in [3.05, 3.63) is 54.1 Å². The van der Waals surface area contributed by atoms with E-state index in [1.165, 1.54) is 24.3 Å². The van der Waals surface area contributed by atoms with Gasteiger partial charge in [-0.1, -0.05) is 19.9 Å². The van der Waals surface area contributed by atoms with Crippen LogP contribution in [0.1, 0.15) is 38.1 Å². The Balaban J connectivity index is 2.03. The van der Waals surface area contributed by atoms with E-state index in [2.05, 4.69) is 15.4 Å². The van der Waals surface area contributed by atoms with Crippen molar-refractivity contribution >= 4 is 33.4 Å². The SMILES string of the molecule is CC(C)COC(=O)Nc1cccc(NC(=O)c2ccc(S(=O)(=O)NC(C)C)cc2)c1. The first-order chi connectivity index (χ1) is 14.1. The Morgan fingerprint density at radius 3 is 2.10 bits per heavy atom. The summed E-state index contributed by atoms with van der Waals surface area (Å²) in [7, 11) is -3.62. The third-order valence-corrected chi connectivity index (χ3v) is 5.41. The van der Waals surface area contributed by atoms with Crippen LogP contribution in [0.2, 0.25) is 0 Å². The molecule has 30 heavy (non-hydrogen) atoms. The number of sulfonamides is 1. The van der Waals surface area contributed by atoms with E-state index < -0.39 is 22.0 Å². The first-order valence-electron chi connectivity index (χ1n) is 9.54. The predicted molar refractivity (Wildman–Crippen MR) is 116 cm³/mol. The van der Waals surface area contributed by atoms with Gasteiger partial charge in [0.25, 0.3) is 5.91 Å². The highest BCUT2D eigenvalue weighted by atomic mass is 32.2. The van der Waals surface area contributed by atoms with Gasteiger partial charge in [-0.15, -0.1) is 0 Å². The zero-order valence-electron chi connectivity index (χ0n) is 17.4. The van der Waals surface area contributed by atoms with Crippen molar-refractivity contribution in [1.29, 1.82) is 0 Å². The second-order valence-electron chi connectivity index (χ2n) is 7.45. The summed E-state index contributed by atoms with van der Waals surface area (Å²) < 4.78 is 31.9. The molecular weight excluding hydrogens is 406 g/mol. The summed E-state index contributed by atoms with van der Waals surface area (Å²) >= 11 is 0. The van der Waals surface area contributed by atoms with Crippen molar-refractivity contribution < 1.29 is 22.7 Å². The van der Waals surface area contributed by atoms with Crippen molar-refractivity contribution in [3.63, 3.8) is 0 Å². The number of rotatable bonds is 8. The minimum atomic E-state index is -3.62. The molecule has 0 aliphatic heterocycles. The van der Waals surface area contributed by atoms with Crippen LogP contribution in [-0.2, 0) is 14.8 Å². The van der Waals surface area contributed by atoms with Crippen molar-refractivity contribution in [2.75, 3.05) is 17.2 Å². The molecule has 0 bridgehead atoms. The molecule has 2 rings (SSSR count). The van der Waals surface area contributed by atoms with E-state index in [0.29, 0.717) is 23.5 Å². The van der Waals surface area contributed by atoms with Gasteiger partial charge in [0.2, 0.25) is 10.0 Å². The zero-order chi connectivity index (χ0) is 22.3. The van der Waals surface area contributed by atoms with E-state index in [-0.39, 0.29) is 16.9 Å². The Bertz CT molecular complexity index is 986. The molecule has 2 aromatic carbocycles. The standard InChI is InChI=1S/C21H27N3O5S/c1-14(2)13-29-21(26)23-18-7-5-6-17(12-18)22-20(25)16-8-10-19(11-9-16)30(27,28)24-15(3)4/h5-12,14-15,24H,13H2,1-4H3,(H,22,25)(H,23,26). The van der Waals surface area contributed by atoms with E-state index in [9.17, 15) is 18.0 Å². The molecule has 8 nitrogen and oxygen atoms in total. The van der Waals surface area contributed by atoms with Crippen molar-refractivity contribution in [3.8, 4) is 0 Å². The Kier molecular flexibility index (Phi) is 7.96. The molecule has 2 aromatic rings. The third-order valence-electron chi connectivity index (χ3n) is 3.73. The number of hydrogen-bond donors (Lipinski definition) is 3.